The molecule has 0 aliphatic carbocycles. The Balaban J connectivity index is 1.90. The summed E-state index contributed by atoms with van der Waals surface area (Å²) >= 11 is 0. The molecule has 0 atom stereocenters. The summed E-state index contributed by atoms with van der Waals surface area (Å²) in [4.78, 5) is 4.25. The van der Waals surface area contributed by atoms with Gasteiger partial charge >= 0.3 is 7.12 Å². The van der Waals surface area contributed by atoms with Gasteiger partial charge in [-0.15, -0.1) is 0 Å². The van der Waals surface area contributed by atoms with E-state index in [1.807, 2.05) is 30.3 Å². The summed E-state index contributed by atoms with van der Waals surface area (Å²) in [5.74, 6) is 1.20. The standard InChI is InChI=1S/C15H12BNO3/c18-16(19)13-8-6-12(7-9-13)15-17-10-14(20-15)11-4-2-1-3-5-11/h1-10,18-19H. The number of rotatable bonds is 3. The first kappa shape index (κ1) is 12.7. The molecule has 1 heterocycles. The minimum atomic E-state index is -1.46. The average Bonchev–Trinajstić information content (AvgIpc) is 2.98. The zero-order valence-electron chi connectivity index (χ0n) is 10.6. The predicted octanol–water partition coefficient (Wildman–Crippen LogP) is 1.69. The van der Waals surface area contributed by atoms with Gasteiger partial charge in [0.2, 0.25) is 5.89 Å². The quantitative estimate of drug-likeness (QED) is 0.707. The van der Waals surface area contributed by atoms with Gasteiger partial charge in [-0.3, -0.25) is 0 Å². The molecule has 3 rings (SSSR count). The van der Waals surface area contributed by atoms with Gasteiger partial charge in [-0.25, -0.2) is 4.98 Å². The highest BCUT2D eigenvalue weighted by Crippen LogP contribution is 2.25. The van der Waals surface area contributed by atoms with Crippen LogP contribution in [0.25, 0.3) is 22.8 Å². The number of hydrogen-bond acceptors (Lipinski definition) is 4. The highest BCUT2D eigenvalue weighted by Gasteiger charge is 2.12. The fourth-order valence-corrected chi connectivity index (χ4v) is 1.94. The first-order valence-electron chi connectivity index (χ1n) is 6.22. The largest absolute Gasteiger partial charge is 0.488 e. The Morgan fingerprint density at radius 2 is 1.55 bits per heavy atom. The summed E-state index contributed by atoms with van der Waals surface area (Å²) in [5, 5.41) is 18.1. The van der Waals surface area contributed by atoms with E-state index >= 15 is 0 Å². The van der Waals surface area contributed by atoms with E-state index in [0.29, 0.717) is 17.1 Å². The van der Waals surface area contributed by atoms with Crippen LogP contribution >= 0.6 is 0 Å². The maximum absolute atomic E-state index is 9.05. The Bertz CT molecular complexity index is 693. The normalized spacial score (nSPS) is 10.5. The van der Waals surface area contributed by atoms with Gasteiger partial charge in [0, 0.05) is 11.1 Å². The van der Waals surface area contributed by atoms with E-state index in [1.165, 1.54) is 0 Å². The fourth-order valence-electron chi connectivity index (χ4n) is 1.94. The first-order chi connectivity index (χ1) is 9.74. The van der Waals surface area contributed by atoms with E-state index in [9.17, 15) is 0 Å². The lowest BCUT2D eigenvalue weighted by atomic mass is 9.80. The molecule has 20 heavy (non-hydrogen) atoms. The molecule has 4 nitrogen and oxygen atoms in total. The minimum Gasteiger partial charge on any atom is -0.436 e. The third kappa shape index (κ3) is 2.50. The summed E-state index contributed by atoms with van der Waals surface area (Å²) in [6.45, 7) is 0. The summed E-state index contributed by atoms with van der Waals surface area (Å²) < 4.78 is 5.72. The van der Waals surface area contributed by atoms with Crippen LogP contribution in [0, 0.1) is 0 Å². The van der Waals surface area contributed by atoms with Gasteiger partial charge in [0.25, 0.3) is 0 Å². The van der Waals surface area contributed by atoms with Crippen molar-refractivity contribution >= 4 is 12.6 Å². The molecule has 0 amide bonds. The van der Waals surface area contributed by atoms with Crippen molar-refractivity contribution in [2.75, 3.05) is 0 Å². The Morgan fingerprint density at radius 3 is 2.20 bits per heavy atom. The van der Waals surface area contributed by atoms with Crippen LogP contribution in [0.1, 0.15) is 0 Å². The number of aromatic nitrogens is 1. The maximum Gasteiger partial charge on any atom is 0.488 e. The molecule has 1 aromatic heterocycles. The lowest BCUT2D eigenvalue weighted by Crippen LogP contribution is -2.29. The van der Waals surface area contributed by atoms with Gasteiger partial charge in [0.15, 0.2) is 5.76 Å². The van der Waals surface area contributed by atoms with Gasteiger partial charge in [-0.05, 0) is 17.6 Å². The van der Waals surface area contributed by atoms with Crippen LogP contribution in [-0.4, -0.2) is 22.2 Å². The Kier molecular flexibility index (Phi) is 3.37. The second-order valence-electron chi connectivity index (χ2n) is 4.39. The predicted molar refractivity (Wildman–Crippen MR) is 77.2 cm³/mol. The monoisotopic (exact) mass is 265 g/mol. The molecule has 0 spiro atoms. The SMILES string of the molecule is OB(O)c1ccc(-c2ncc(-c3ccccc3)o2)cc1. The number of nitrogens with zero attached hydrogens (tertiary/aromatic N) is 1. The van der Waals surface area contributed by atoms with E-state index < -0.39 is 7.12 Å². The number of hydrogen-bond donors (Lipinski definition) is 2. The van der Waals surface area contributed by atoms with Crippen molar-refractivity contribution in [2.24, 2.45) is 0 Å². The number of benzene rings is 2. The number of oxazole rings is 1. The van der Waals surface area contributed by atoms with Crippen LogP contribution in [0.4, 0.5) is 0 Å². The highest BCUT2D eigenvalue weighted by molar-refractivity contribution is 6.58. The molecule has 0 saturated carbocycles. The van der Waals surface area contributed by atoms with Gasteiger partial charge in [-0.1, -0.05) is 42.5 Å². The average molecular weight is 265 g/mol. The first-order valence-corrected chi connectivity index (χ1v) is 6.22. The molecule has 5 heteroatoms. The van der Waals surface area contributed by atoms with E-state index in [-0.39, 0.29) is 0 Å². The molecule has 0 bridgehead atoms. The van der Waals surface area contributed by atoms with Crippen molar-refractivity contribution in [3.63, 3.8) is 0 Å². The van der Waals surface area contributed by atoms with Crippen molar-refractivity contribution < 1.29 is 14.5 Å². The van der Waals surface area contributed by atoms with Gasteiger partial charge < -0.3 is 14.5 Å². The van der Waals surface area contributed by atoms with Crippen LogP contribution < -0.4 is 5.46 Å². The molecule has 0 radical (unpaired) electrons. The molecule has 3 aromatic rings. The van der Waals surface area contributed by atoms with Crippen molar-refractivity contribution in [3.8, 4) is 22.8 Å². The zero-order valence-corrected chi connectivity index (χ0v) is 10.6. The third-order valence-corrected chi connectivity index (χ3v) is 3.02. The van der Waals surface area contributed by atoms with Crippen molar-refractivity contribution in [2.45, 2.75) is 0 Å². The van der Waals surface area contributed by atoms with Crippen LogP contribution in [0.3, 0.4) is 0 Å². The summed E-state index contributed by atoms with van der Waals surface area (Å²) in [6.07, 6.45) is 1.68. The van der Waals surface area contributed by atoms with Crippen LogP contribution in [0.15, 0.2) is 65.2 Å². The lowest BCUT2D eigenvalue weighted by Gasteiger charge is -2.00. The smallest absolute Gasteiger partial charge is 0.436 e. The molecular weight excluding hydrogens is 253 g/mol. The molecule has 2 aromatic carbocycles. The van der Waals surface area contributed by atoms with Crippen LogP contribution in [-0.2, 0) is 0 Å². The van der Waals surface area contributed by atoms with Crippen molar-refractivity contribution in [3.05, 3.63) is 60.8 Å². The summed E-state index contributed by atoms with van der Waals surface area (Å²) in [5.41, 5.74) is 2.19. The Hall–Kier alpha value is -2.37. The molecule has 0 aliphatic heterocycles. The molecule has 0 aliphatic rings. The third-order valence-electron chi connectivity index (χ3n) is 3.02. The van der Waals surface area contributed by atoms with E-state index in [2.05, 4.69) is 4.98 Å². The van der Waals surface area contributed by atoms with E-state index in [4.69, 9.17) is 14.5 Å². The molecule has 0 saturated heterocycles. The maximum atomic E-state index is 9.05. The second kappa shape index (κ2) is 5.32. The fraction of sp³-hybridized carbons (Fsp3) is 0. The van der Waals surface area contributed by atoms with E-state index in [0.717, 1.165) is 11.1 Å². The summed E-state index contributed by atoms with van der Waals surface area (Å²) in [6, 6.07) is 16.5. The molecule has 2 N–H and O–H groups in total. The lowest BCUT2D eigenvalue weighted by molar-refractivity contribution is 0.426. The second-order valence-corrected chi connectivity index (χ2v) is 4.39. The highest BCUT2D eigenvalue weighted by atomic mass is 16.4. The van der Waals surface area contributed by atoms with Crippen molar-refractivity contribution in [1.82, 2.24) is 4.98 Å². The van der Waals surface area contributed by atoms with Crippen LogP contribution in [0.2, 0.25) is 0 Å². The minimum absolute atomic E-state index is 0.434. The van der Waals surface area contributed by atoms with Crippen molar-refractivity contribution in [1.29, 1.82) is 0 Å². The molecule has 0 unspecified atom stereocenters. The van der Waals surface area contributed by atoms with Crippen LogP contribution in [0.5, 0.6) is 0 Å². The topological polar surface area (TPSA) is 66.5 Å². The zero-order chi connectivity index (χ0) is 13.9. The van der Waals surface area contributed by atoms with Gasteiger partial charge in [-0.2, -0.15) is 0 Å². The molecule has 98 valence electrons. The van der Waals surface area contributed by atoms with Gasteiger partial charge in [0.05, 0.1) is 6.20 Å². The van der Waals surface area contributed by atoms with Gasteiger partial charge in [0.1, 0.15) is 0 Å². The Morgan fingerprint density at radius 1 is 0.850 bits per heavy atom. The summed E-state index contributed by atoms with van der Waals surface area (Å²) in [7, 11) is -1.46. The molecular formula is C15H12BNO3. The molecule has 0 fully saturated rings. The van der Waals surface area contributed by atoms with E-state index in [1.54, 1.807) is 30.5 Å². The Labute approximate surface area is 116 Å².